The summed E-state index contributed by atoms with van der Waals surface area (Å²) in [6.07, 6.45) is 4.19. The Hall–Kier alpha value is -0.410. The Morgan fingerprint density at radius 2 is 1.71 bits per heavy atom. The van der Waals surface area contributed by atoms with E-state index in [0.717, 1.165) is 45.7 Å². The lowest BCUT2D eigenvalue weighted by molar-refractivity contribution is -0.117. The van der Waals surface area contributed by atoms with Crippen LogP contribution >= 0.6 is 0 Å². The fourth-order valence-electron chi connectivity index (χ4n) is 1.48. The topological polar surface area (TPSA) is 49.3 Å². The van der Waals surface area contributed by atoms with Gasteiger partial charge in [-0.3, -0.25) is 0 Å². The summed E-state index contributed by atoms with van der Waals surface area (Å²) < 4.78 is 0. The number of aliphatic hydroxyl groups is 1. The minimum Gasteiger partial charge on any atom is -0.400 e. The van der Waals surface area contributed by atoms with Crippen molar-refractivity contribution in [2.75, 3.05) is 20.2 Å². The van der Waals surface area contributed by atoms with E-state index in [-0.39, 0.29) is 5.41 Å². The number of hydrogen-bond acceptors (Lipinski definition) is 3. The van der Waals surface area contributed by atoms with Gasteiger partial charge in [-0.2, -0.15) is 0 Å². The molecule has 1 fully saturated rings. The molecule has 0 amide bonds. The summed E-state index contributed by atoms with van der Waals surface area (Å²) in [6.45, 7) is 8.11. The quantitative estimate of drug-likeness (QED) is 0.670. The van der Waals surface area contributed by atoms with Crippen LogP contribution in [0.3, 0.4) is 0 Å². The van der Waals surface area contributed by atoms with E-state index < -0.39 is 0 Å². The molecule has 3 heteroatoms. The Morgan fingerprint density at radius 1 is 1.29 bits per heavy atom. The van der Waals surface area contributed by atoms with Crippen molar-refractivity contribution in [1.82, 2.24) is 5.32 Å². The van der Waals surface area contributed by atoms with E-state index in [1.165, 1.54) is 0 Å². The number of nitrogens with one attached hydrogen (secondary N) is 1. The second-order valence-corrected chi connectivity index (χ2v) is 3.08. The van der Waals surface area contributed by atoms with Gasteiger partial charge < -0.3 is 15.2 Å². The molecule has 0 radical (unpaired) electrons. The molecule has 0 saturated carbocycles. The van der Waals surface area contributed by atoms with Gasteiger partial charge in [-0.25, -0.2) is 0 Å². The summed E-state index contributed by atoms with van der Waals surface area (Å²) >= 11 is 0. The number of carbonyl (C=O) groups excluding carboxylic acids is 1. The van der Waals surface area contributed by atoms with Crippen molar-refractivity contribution in [2.45, 2.75) is 40.0 Å². The maximum atomic E-state index is 10.7. The summed E-state index contributed by atoms with van der Waals surface area (Å²) in [7, 11) is 1.00. The monoisotopic (exact) mass is 203 g/mol. The predicted octanol–water partition coefficient (Wildman–Crippen LogP) is 1.60. The van der Waals surface area contributed by atoms with Crippen LogP contribution in [0.1, 0.15) is 40.0 Å². The number of aldehydes is 1. The minimum absolute atomic E-state index is 0.0191. The molecule has 0 spiro atoms. The maximum absolute atomic E-state index is 10.7. The molecule has 1 aliphatic heterocycles. The summed E-state index contributed by atoms with van der Waals surface area (Å²) in [5.74, 6) is 0. The van der Waals surface area contributed by atoms with Crippen molar-refractivity contribution >= 4 is 6.29 Å². The van der Waals surface area contributed by atoms with Gasteiger partial charge in [0.25, 0.3) is 0 Å². The zero-order chi connectivity index (χ0) is 11.4. The van der Waals surface area contributed by atoms with E-state index in [2.05, 4.69) is 12.2 Å². The molecule has 1 rings (SSSR count). The molecule has 1 saturated heterocycles. The number of piperidine rings is 1. The summed E-state index contributed by atoms with van der Waals surface area (Å²) in [6, 6.07) is 0. The average molecular weight is 203 g/mol. The molecule has 0 aromatic carbocycles. The number of hydrogen-bond donors (Lipinski definition) is 2. The molecule has 0 bridgehead atoms. The molecule has 86 valence electrons. The third kappa shape index (κ3) is 5.35. The van der Waals surface area contributed by atoms with E-state index in [9.17, 15) is 4.79 Å². The Morgan fingerprint density at radius 3 is 1.93 bits per heavy atom. The van der Waals surface area contributed by atoms with Crippen molar-refractivity contribution in [3.05, 3.63) is 0 Å². The van der Waals surface area contributed by atoms with Crippen molar-refractivity contribution in [1.29, 1.82) is 0 Å². The third-order valence-corrected chi connectivity index (χ3v) is 2.55. The van der Waals surface area contributed by atoms with Gasteiger partial charge >= 0.3 is 0 Å². The molecular weight excluding hydrogens is 178 g/mol. The molecule has 1 heterocycles. The van der Waals surface area contributed by atoms with Gasteiger partial charge in [0.1, 0.15) is 6.29 Å². The van der Waals surface area contributed by atoms with Crippen molar-refractivity contribution in [2.24, 2.45) is 5.41 Å². The first kappa shape index (κ1) is 16.0. The van der Waals surface area contributed by atoms with Crippen LogP contribution in [0.15, 0.2) is 0 Å². The van der Waals surface area contributed by atoms with Gasteiger partial charge in [-0.05, 0) is 32.4 Å². The highest BCUT2D eigenvalue weighted by molar-refractivity contribution is 5.59. The Balaban J connectivity index is 0. The molecule has 14 heavy (non-hydrogen) atoms. The minimum atomic E-state index is 0.0191. The number of rotatable bonds is 2. The SMILES string of the molecule is CC.CCC1(C=O)CCNCC1.CO. The van der Waals surface area contributed by atoms with Crippen molar-refractivity contribution < 1.29 is 9.90 Å². The van der Waals surface area contributed by atoms with E-state index >= 15 is 0 Å². The molecule has 2 N–H and O–H groups in total. The van der Waals surface area contributed by atoms with Gasteiger partial charge in [0, 0.05) is 12.5 Å². The van der Waals surface area contributed by atoms with Crippen LogP contribution in [-0.4, -0.2) is 31.6 Å². The lowest BCUT2D eigenvalue weighted by Crippen LogP contribution is -2.37. The summed E-state index contributed by atoms with van der Waals surface area (Å²) in [4.78, 5) is 10.7. The van der Waals surface area contributed by atoms with Crippen LogP contribution in [0.25, 0.3) is 0 Å². The smallest absolute Gasteiger partial charge is 0.126 e. The van der Waals surface area contributed by atoms with Crippen molar-refractivity contribution in [3.63, 3.8) is 0 Å². The van der Waals surface area contributed by atoms with E-state index in [0.29, 0.717) is 0 Å². The highest BCUT2D eigenvalue weighted by atomic mass is 16.2. The highest BCUT2D eigenvalue weighted by Crippen LogP contribution is 2.29. The maximum Gasteiger partial charge on any atom is 0.126 e. The Bertz CT molecular complexity index is 120. The van der Waals surface area contributed by atoms with Crippen LogP contribution < -0.4 is 5.32 Å². The van der Waals surface area contributed by atoms with Crippen molar-refractivity contribution in [3.8, 4) is 0 Å². The van der Waals surface area contributed by atoms with E-state index in [4.69, 9.17) is 5.11 Å². The first-order valence-corrected chi connectivity index (χ1v) is 5.45. The van der Waals surface area contributed by atoms with Crippen LogP contribution in [-0.2, 0) is 4.79 Å². The standard InChI is InChI=1S/C8H15NO.C2H6.CH4O/c1-2-8(7-10)3-5-9-6-4-8;2*1-2/h7,9H,2-6H2,1H3;1-2H3;2H,1H3. The molecule has 3 nitrogen and oxygen atoms in total. The average Bonchev–Trinajstić information content (AvgIpc) is 2.35. The molecule has 1 aliphatic rings. The van der Waals surface area contributed by atoms with Gasteiger partial charge in [0.05, 0.1) is 0 Å². The molecule has 0 atom stereocenters. The molecule has 0 unspecified atom stereocenters. The molecule has 0 aromatic rings. The Labute approximate surface area is 87.9 Å². The van der Waals surface area contributed by atoms with Gasteiger partial charge in [0.2, 0.25) is 0 Å². The second-order valence-electron chi connectivity index (χ2n) is 3.08. The second kappa shape index (κ2) is 10.7. The zero-order valence-corrected chi connectivity index (χ0v) is 9.97. The Kier molecular flexibility index (Phi) is 12.2. The van der Waals surface area contributed by atoms with Crippen LogP contribution in [0.5, 0.6) is 0 Å². The predicted molar refractivity (Wildman–Crippen MR) is 60.4 cm³/mol. The van der Waals surface area contributed by atoms with Gasteiger partial charge in [-0.15, -0.1) is 0 Å². The summed E-state index contributed by atoms with van der Waals surface area (Å²) in [5.41, 5.74) is 0.0191. The van der Waals surface area contributed by atoms with Crippen LogP contribution in [0.4, 0.5) is 0 Å². The van der Waals surface area contributed by atoms with Gasteiger partial charge in [-0.1, -0.05) is 20.8 Å². The fourth-order valence-corrected chi connectivity index (χ4v) is 1.48. The number of aliphatic hydroxyl groups excluding tert-OH is 1. The first-order chi connectivity index (χ1) is 6.83. The lowest BCUT2D eigenvalue weighted by Gasteiger charge is -2.31. The third-order valence-electron chi connectivity index (χ3n) is 2.55. The molecule has 0 aliphatic carbocycles. The zero-order valence-electron chi connectivity index (χ0n) is 9.97. The van der Waals surface area contributed by atoms with Crippen LogP contribution in [0.2, 0.25) is 0 Å². The number of carbonyl (C=O) groups is 1. The van der Waals surface area contributed by atoms with E-state index in [1.807, 2.05) is 13.8 Å². The fraction of sp³-hybridized carbons (Fsp3) is 0.909. The summed E-state index contributed by atoms with van der Waals surface area (Å²) in [5, 5.41) is 10.2. The highest BCUT2D eigenvalue weighted by Gasteiger charge is 2.28. The van der Waals surface area contributed by atoms with E-state index in [1.54, 1.807) is 0 Å². The van der Waals surface area contributed by atoms with Gasteiger partial charge in [0.15, 0.2) is 0 Å². The first-order valence-electron chi connectivity index (χ1n) is 5.45. The lowest BCUT2D eigenvalue weighted by atomic mass is 9.78. The largest absolute Gasteiger partial charge is 0.400 e. The van der Waals surface area contributed by atoms with Crippen LogP contribution in [0, 0.1) is 5.41 Å². The normalized spacial score (nSPS) is 18.1. The molecular formula is C11H25NO2. The molecule has 0 aromatic heterocycles.